The van der Waals surface area contributed by atoms with Gasteiger partial charge in [-0.15, -0.1) is 0 Å². The molecule has 1 fully saturated rings. The number of nitrogens with one attached hydrogen (secondary N) is 1. The molecular formula is C17H29N3. The molecule has 1 aromatic rings. The van der Waals surface area contributed by atoms with Gasteiger partial charge in [0.25, 0.3) is 0 Å². The number of hydrogen-bond acceptors (Lipinski definition) is 3. The first-order valence-electron chi connectivity index (χ1n) is 8.07. The molecule has 0 aliphatic heterocycles. The van der Waals surface area contributed by atoms with Gasteiger partial charge >= 0.3 is 0 Å². The lowest BCUT2D eigenvalue weighted by molar-refractivity contribution is 0.586. The topological polar surface area (TPSA) is 28.2 Å². The standard InChI is InChI=1S/C17H29N3/c1-5-20(16-8-6-7-9-16)17-14(4)10-15(12-19-17)11-18-13(2)3/h10,12-13,16,18H,5-9,11H2,1-4H3. The summed E-state index contributed by atoms with van der Waals surface area (Å²) in [6.45, 7) is 10.7. The van der Waals surface area contributed by atoms with Gasteiger partial charge in [0, 0.05) is 31.4 Å². The molecule has 20 heavy (non-hydrogen) atoms. The summed E-state index contributed by atoms with van der Waals surface area (Å²) in [7, 11) is 0. The molecule has 1 aliphatic carbocycles. The zero-order valence-corrected chi connectivity index (χ0v) is 13.4. The summed E-state index contributed by atoms with van der Waals surface area (Å²) in [6, 6.07) is 3.50. The van der Waals surface area contributed by atoms with Crippen molar-refractivity contribution in [3.05, 3.63) is 23.4 Å². The normalized spacial score (nSPS) is 16.1. The summed E-state index contributed by atoms with van der Waals surface area (Å²) in [5.74, 6) is 1.19. The van der Waals surface area contributed by atoms with Crippen LogP contribution in [0.25, 0.3) is 0 Å². The van der Waals surface area contributed by atoms with Gasteiger partial charge in [0.2, 0.25) is 0 Å². The largest absolute Gasteiger partial charge is 0.354 e. The number of hydrogen-bond donors (Lipinski definition) is 1. The molecule has 0 amide bonds. The highest BCUT2D eigenvalue weighted by Crippen LogP contribution is 2.28. The van der Waals surface area contributed by atoms with Crippen molar-refractivity contribution in [2.24, 2.45) is 0 Å². The monoisotopic (exact) mass is 275 g/mol. The molecule has 0 atom stereocenters. The fraction of sp³-hybridized carbons (Fsp3) is 0.706. The van der Waals surface area contributed by atoms with Crippen molar-refractivity contribution in [3.63, 3.8) is 0 Å². The van der Waals surface area contributed by atoms with Crippen molar-refractivity contribution in [2.75, 3.05) is 11.4 Å². The van der Waals surface area contributed by atoms with E-state index < -0.39 is 0 Å². The Balaban J connectivity index is 2.10. The fourth-order valence-corrected chi connectivity index (χ4v) is 3.14. The summed E-state index contributed by atoms with van der Waals surface area (Å²) >= 11 is 0. The van der Waals surface area contributed by atoms with Crippen molar-refractivity contribution in [1.29, 1.82) is 0 Å². The van der Waals surface area contributed by atoms with Gasteiger partial charge < -0.3 is 10.2 Å². The van der Waals surface area contributed by atoms with Crippen LogP contribution in [0.1, 0.15) is 57.6 Å². The van der Waals surface area contributed by atoms with Crippen molar-refractivity contribution in [2.45, 2.75) is 72.0 Å². The van der Waals surface area contributed by atoms with Gasteiger partial charge in [-0.1, -0.05) is 26.7 Å². The van der Waals surface area contributed by atoms with Crippen LogP contribution in [0, 0.1) is 6.92 Å². The van der Waals surface area contributed by atoms with Crippen LogP contribution in [-0.4, -0.2) is 23.6 Å². The van der Waals surface area contributed by atoms with Gasteiger partial charge in [0.15, 0.2) is 0 Å². The highest BCUT2D eigenvalue weighted by molar-refractivity contribution is 5.48. The molecule has 2 rings (SSSR count). The van der Waals surface area contributed by atoms with Gasteiger partial charge in [-0.25, -0.2) is 4.98 Å². The molecule has 0 unspecified atom stereocenters. The number of nitrogens with zero attached hydrogens (tertiary/aromatic N) is 2. The highest BCUT2D eigenvalue weighted by atomic mass is 15.2. The van der Waals surface area contributed by atoms with E-state index in [1.54, 1.807) is 0 Å². The van der Waals surface area contributed by atoms with E-state index in [9.17, 15) is 0 Å². The zero-order chi connectivity index (χ0) is 14.5. The predicted octanol–water partition coefficient (Wildman–Crippen LogP) is 3.66. The second-order valence-corrected chi connectivity index (χ2v) is 6.24. The molecule has 3 nitrogen and oxygen atoms in total. The number of anilines is 1. The van der Waals surface area contributed by atoms with Crippen LogP contribution in [0.2, 0.25) is 0 Å². The van der Waals surface area contributed by atoms with Crippen LogP contribution in [0.3, 0.4) is 0 Å². The van der Waals surface area contributed by atoms with E-state index in [1.807, 2.05) is 6.20 Å². The van der Waals surface area contributed by atoms with Crippen molar-refractivity contribution < 1.29 is 0 Å². The van der Waals surface area contributed by atoms with E-state index in [-0.39, 0.29) is 0 Å². The molecule has 1 aliphatic rings. The van der Waals surface area contributed by atoms with Gasteiger partial charge in [-0.3, -0.25) is 0 Å². The molecule has 0 saturated heterocycles. The van der Waals surface area contributed by atoms with Crippen LogP contribution < -0.4 is 10.2 Å². The van der Waals surface area contributed by atoms with Crippen molar-refractivity contribution in [1.82, 2.24) is 10.3 Å². The Bertz CT molecular complexity index is 422. The third kappa shape index (κ3) is 3.72. The Kier molecular flexibility index (Phi) is 5.41. The van der Waals surface area contributed by atoms with Gasteiger partial charge in [0.1, 0.15) is 5.82 Å². The van der Waals surface area contributed by atoms with Gasteiger partial charge in [0.05, 0.1) is 0 Å². The van der Waals surface area contributed by atoms with Crippen LogP contribution in [0.4, 0.5) is 5.82 Å². The maximum absolute atomic E-state index is 4.76. The number of rotatable bonds is 6. The number of aromatic nitrogens is 1. The van der Waals surface area contributed by atoms with Crippen LogP contribution in [0.5, 0.6) is 0 Å². The van der Waals surface area contributed by atoms with E-state index in [2.05, 4.69) is 44.0 Å². The van der Waals surface area contributed by atoms with Crippen molar-refractivity contribution in [3.8, 4) is 0 Å². The Morgan fingerprint density at radius 3 is 2.60 bits per heavy atom. The molecule has 1 aromatic heterocycles. The summed E-state index contributed by atoms with van der Waals surface area (Å²) in [4.78, 5) is 7.26. The van der Waals surface area contributed by atoms with Crippen LogP contribution in [-0.2, 0) is 6.54 Å². The van der Waals surface area contributed by atoms with Crippen LogP contribution in [0.15, 0.2) is 12.3 Å². The minimum Gasteiger partial charge on any atom is -0.354 e. The summed E-state index contributed by atoms with van der Waals surface area (Å²) in [5, 5.41) is 3.45. The molecule has 1 saturated carbocycles. The highest BCUT2D eigenvalue weighted by Gasteiger charge is 2.23. The quantitative estimate of drug-likeness (QED) is 0.859. The lowest BCUT2D eigenvalue weighted by Crippen LogP contribution is -2.34. The molecule has 112 valence electrons. The second kappa shape index (κ2) is 7.07. The molecule has 0 spiro atoms. The summed E-state index contributed by atoms with van der Waals surface area (Å²) < 4.78 is 0. The van der Waals surface area contributed by atoms with Crippen molar-refractivity contribution >= 4 is 5.82 Å². The summed E-state index contributed by atoms with van der Waals surface area (Å²) in [5.41, 5.74) is 2.59. The second-order valence-electron chi connectivity index (χ2n) is 6.24. The molecular weight excluding hydrogens is 246 g/mol. The van der Waals surface area contributed by atoms with E-state index in [4.69, 9.17) is 4.98 Å². The fourth-order valence-electron chi connectivity index (χ4n) is 3.14. The summed E-state index contributed by atoms with van der Waals surface area (Å²) in [6.07, 6.45) is 7.43. The molecule has 0 radical (unpaired) electrons. The third-order valence-corrected chi connectivity index (χ3v) is 4.20. The van der Waals surface area contributed by atoms with E-state index in [1.165, 1.54) is 42.6 Å². The Morgan fingerprint density at radius 2 is 2.05 bits per heavy atom. The molecule has 3 heteroatoms. The lowest BCUT2D eigenvalue weighted by atomic mass is 10.1. The first-order chi connectivity index (χ1) is 9.61. The Labute approximate surface area is 123 Å². The molecule has 0 bridgehead atoms. The number of pyridine rings is 1. The zero-order valence-electron chi connectivity index (χ0n) is 13.4. The van der Waals surface area contributed by atoms with Gasteiger partial charge in [-0.2, -0.15) is 0 Å². The maximum Gasteiger partial charge on any atom is 0.131 e. The average molecular weight is 275 g/mol. The predicted molar refractivity (Wildman–Crippen MR) is 86.2 cm³/mol. The lowest BCUT2D eigenvalue weighted by Gasteiger charge is -2.30. The van der Waals surface area contributed by atoms with Crippen LogP contribution >= 0.6 is 0 Å². The first-order valence-corrected chi connectivity index (χ1v) is 8.07. The molecule has 1 heterocycles. The minimum atomic E-state index is 0.514. The SMILES string of the molecule is CCN(c1ncc(CNC(C)C)cc1C)C1CCCC1. The number of aryl methyl sites for hydroxylation is 1. The average Bonchev–Trinajstić information content (AvgIpc) is 2.93. The van der Waals surface area contributed by atoms with E-state index in [0.29, 0.717) is 12.1 Å². The maximum atomic E-state index is 4.76. The van der Waals surface area contributed by atoms with E-state index in [0.717, 1.165) is 13.1 Å². The smallest absolute Gasteiger partial charge is 0.131 e. The third-order valence-electron chi connectivity index (χ3n) is 4.20. The Morgan fingerprint density at radius 1 is 1.35 bits per heavy atom. The molecule has 0 aromatic carbocycles. The van der Waals surface area contributed by atoms with Gasteiger partial charge in [-0.05, 0) is 43.9 Å². The first kappa shape index (κ1) is 15.3. The Hall–Kier alpha value is -1.09. The molecule has 1 N–H and O–H groups in total. The minimum absolute atomic E-state index is 0.514. The van der Waals surface area contributed by atoms with E-state index >= 15 is 0 Å².